The Morgan fingerprint density at radius 2 is 1.48 bits per heavy atom. The number of carbonyl (C=O) groups excluding carboxylic acids is 1. The predicted molar refractivity (Wildman–Crippen MR) is 82.0 cm³/mol. The van der Waals surface area contributed by atoms with Crippen LogP contribution in [0.5, 0.6) is 11.5 Å². The van der Waals surface area contributed by atoms with Gasteiger partial charge in [0.1, 0.15) is 11.5 Å². The quantitative estimate of drug-likeness (QED) is 0.656. The SMILES string of the molecule is CCC(=O)c1ccc(Oc2ccc(C(C)C(F)(F)F)cc2)cc1. The first kappa shape index (κ1) is 17.1. The third kappa shape index (κ3) is 4.34. The molecule has 5 heteroatoms. The van der Waals surface area contributed by atoms with Gasteiger partial charge in [0.2, 0.25) is 0 Å². The Morgan fingerprint density at radius 3 is 1.91 bits per heavy atom. The van der Waals surface area contributed by atoms with E-state index in [2.05, 4.69) is 0 Å². The van der Waals surface area contributed by atoms with Crippen LogP contribution in [0.15, 0.2) is 48.5 Å². The molecular weight excluding hydrogens is 305 g/mol. The number of hydrogen-bond acceptors (Lipinski definition) is 2. The van der Waals surface area contributed by atoms with Crippen LogP contribution in [0.1, 0.15) is 42.1 Å². The highest BCUT2D eigenvalue weighted by Crippen LogP contribution is 2.35. The summed E-state index contributed by atoms with van der Waals surface area (Å²) in [6.45, 7) is 2.91. The van der Waals surface area contributed by atoms with E-state index in [-0.39, 0.29) is 11.3 Å². The predicted octanol–water partition coefficient (Wildman–Crippen LogP) is 5.74. The standard InChI is InChI=1S/C18H17F3O2/c1-3-17(22)14-6-10-16(11-7-14)23-15-8-4-13(5-9-15)12(2)18(19,20)21/h4-12H,3H2,1-2H3. The Balaban J connectivity index is 2.08. The van der Waals surface area contributed by atoms with Gasteiger partial charge in [-0.15, -0.1) is 0 Å². The topological polar surface area (TPSA) is 26.3 Å². The highest BCUT2D eigenvalue weighted by molar-refractivity contribution is 5.95. The maximum absolute atomic E-state index is 12.7. The lowest BCUT2D eigenvalue weighted by atomic mass is 10.0. The van der Waals surface area contributed by atoms with Gasteiger partial charge in [-0.3, -0.25) is 4.79 Å². The lowest BCUT2D eigenvalue weighted by Gasteiger charge is -2.16. The van der Waals surface area contributed by atoms with Gasteiger partial charge in [0, 0.05) is 12.0 Å². The second-order valence-corrected chi connectivity index (χ2v) is 5.24. The van der Waals surface area contributed by atoms with E-state index in [1.54, 1.807) is 31.2 Å². The number of ether oxygens (including phenoxy) is 1. The Labute approximate surface area is 132 Å². The summed E-state index contributed by atoms with van der Waals surface area (Å²) in [7, 11) is 0. The van der Waals surface area contributed by atoms with Crippen molar-refractivity contribution in [2.45, 2.75) is 32.4 Å². The summed E-state index contributed by atoms with van der Waals surface area (Å²) in [5, 5.41) is 0. The number of alkyl halides is 3. The number of carbonyl (C=O) groups is 1. The van der Waals surface area contributed by atoms with Crippen molar-refractivity contribution < 1.29 is 22.7 Å². The number of benzene rings is 2. The second-order valence-electron chi connectivity index (χ2n) is 5.24. The normalized spacial score (nSPS) is 12.7. The van der Waals surface area contributed by atoms with Crippen LogP contribution in [0.3, 0.4) is 0 Å². The van der Waals surface area contributed by atoms with E-state index in [1.165, 1.54) is 24.3 Å². The molecule has 2 nitrogen and oxygen atoms in total. The molecular formula is C18H17F3O2. The molecule has 0 N–H and O–H groups in total. The van der Waals surface area contributed by atoms with Gasteiger partial charge in [0.05, 0.1) is 5.92 Å². The number of Topliss-reactive ketones (excluding diaryl/α,β-unsaturated/α-hetero) is 1. The van der Waals surface area contributed by atoms with E-state index in [1.807, 2.05) is 0 Å². The van der Waals surface area contributed by atoms with E-state index in [0.717, 1.165) is 6.92 Å². The molecule has 0 heterocycles. The first-order chi connectivity index (χ1) is 10.8. The van der Waals surface area contributed by atoms with Gasteiger partial charge in [-0.25, -0.2) is 0 Å². The van der Waals surface area contributed by atoms with Crippen molar-refractivity contribution in [3.05, 3.63) is 59.7 Å². The zero-order valence-electron chi connectivity index (χ0n) is 12.9. The molecule has 0 saturated carbocycles. The van der Waals surface area contributed by atoms with Crippen LogP contribution in [0, 0.1) is 0 Å². The molecule has 1 unspecified atom stereocenters. The van der Waals surface area contributed by atoms with Crippen molar-refractivity contribution in [1.29, 1.82) is 0 Å². The molecule has 23 heavy (non-hydrogen) atoms. The molecule has 1 atom stereocenters. The molecule has 0 radical (unpaired) electrons. The molecule has 2 rings (SSSR count). The van der Waals surface area contributed by atoms with Gasteiger partial charge < -0.3 is 4.74 Å². The van der Waals surface area contributed by atoms with Crippen molar-refractivity contribution in [1.82, 2.24) is 0 Å². The first-order valence-electron chi connectivity index (χ1n) is 7.29. The summed E-state index contributed by atoms with van der Waals surface area (Å²) < 4.78 is 43.5. The fraction of sp³-hybridized carbons (Fsp3) is 0.278. The molecule has 0 spiro atoms. The monoisotopic (exact) mass is 322 g/mol. The van der Waals surface area contributed by atoms with Crippen molar-refractivity contribution in [3.8, 4) is 11.5 Å². The van der Waals surface area contributed by atoms with E-state index in [9.17, 15) is 18.0 Å². The molecule has 0 bridgehead atoms. The summed E-state index contributed by atoms with van der Waals surface area (Å²) >= 11 is 0. The molecule has 2 aromatic carbocycles. The van der Waals surface area contributed by atoms with Crippen molar-refractivity contribution >= 4 is 5.78 Å². The van der Waals surface area contributed by atoms with Crippen LogP contribution in [0.4, 0.5) is 13.2 Å². The third-order valence-electron chi connectivity index (χ3n) is 3.60. The van der Waals surface area contributed by atoms with E-state index >= 15 is 0 Å². The fourth-order valence-electron chi connectivity index (χ4n) is 2.06. The summed E-state index contributed by atoms with van der Waals surface area (Å²) in [4.78, 5) is 11.5. The lowest BCUT2D eigenvalue weighted by Crippen LogP contribution is -2.17. The summed E-state index contributed by atoms with van der Waals surface area (Å²) in [5.41, 5.74) is 0.794. The number of ketones is 1. The lowest BCUT2D eigenvalue weighted by molar-refractivity contribution is -0.146. The molecule has 2 aromatic rings. The van der Waals surface area contributed by atoms with Gasteiger partial charge in [-0.1, -0.05) is 19.1 Å². The Hall–Kier alpha value is -2.30. The summed E-state index contributed by atoms with van der Waals surface area (Å²) in [5.74, 6) is -0.509. The van der Waals surface area contributed by atoms with E-state index in [4.69, 9.17) is 4.74 Å². The van der Waals surface area contributed by atoms with Gasteiger partial charge in [0.15, 0.2) is 5.78 Å². The van der Waals surface area contributed by atoms with Gasteiger partial charge in [0.25, 0.3) is 0 Å². The van der Waals surface area contributed by atoms with E-state index < -0.39 is 12.1 Å². The minimum absolute atomic E-state index is 0.0436. The van der Waals surface area contributed by atoms with Crippen LogP contribution in [-0.4, -0.2) is 12.0 Å². The first-order valence-corrected chi connectivity index (χ1v) is 7.29. The van der Waals surface area contributed by atoms with Gasteiger partial charge in [-0.05, 0) is 48.9 Å². The molecule has 0 aliphatic heterocycles. The summed E-state index contributed by atoms with van der Waals surface area (Å²) in [6.07, 6.45) is -3.83. The average Bonchev–Trinajstić information content (AvgIpc) is 2.54. The highest BCUT2D eigenvalue weighted by atomic mass is 19.4. The maximum atomic E-state index is 12.7. The van der Waals surface area contributed by atoms with Crippen molar-refractivity contribution in [2.75, 3.05) is 0 Å². The minimum Gasteiger partial charge on any atom is -0.457 e. The number of rotatable bonds is 5. The van der Waals surface area contributed by atoms with Crippen LogP contribution < -0.4 is 4.74 Å². The van der Waals surface area contributed by atoms with Crippen LogP contribution >= 0.6 is 0 Å². The second kappa shape index (κ2) is 6.86. The van der Waals surface area contributed by atoms with Crippen LogP contribution in [0.2, 0.25) is 0 Å². The fourth-order valence-corrected chi connectivity index (χ4v) is 2.06. The molecule has 0 aliphatic rings. The highest BCUT2D eigenvalue weighted by Gasteiger charge is 2.36. The zero-order valence-corrected chi connectivity index (χ0v) is 12.9. The van der Waals surface area contributed by atoms with Crippen molar-refractivity contribution in [2.24, 2.45) is 0 Å². The largest absolute Gasteiger partial charge is 0.457 e. The smallest absolute Gasteiger partial charge is 0.395 e. The van der Waals surface area contributed by atoms with Crippen LogP contribution in [0.25, 0.3) is 0 Å². The molecule has 122 valence electrons. The van der Waals surface area contributed by atoms with E-state index in [0.29, 0.717) is 23.5 Å². The average molecular weight is 322 g/mol. The molecule has 0 saturated heterocycles. The molecule has 0 amide bonds. The molecule has 0 aromatic heterocycles. The molecule has 0 aliphatic carbocycles. The van der Waals surface area contributed by atoms with Crippen LogP contribution in [-0.2, 0) is 0 Å². The molecule has 0 fully saturated rings. The number of hydrogen-bond donors (Lipinski definition) is 0. The van der Waals surface area contributed by atoms with Gasteiger partial charge >= 0.3 is 6.18 Å². The zero-order chi connectivity index (χ0) is 17.0. The summed E-state index contributed by atoms with van der Waals surface area (Å²) in [6, 6.07) is 12.5. The Morgan fingerprint density at radius 1 is 1.00 bits per heavy atom. The Kier molecular flexibility index (Phi) is 5.08. The third-order valence-corrected chi connectivity index (χ3v) is 3.60. The van der Waals surface area contributed by atoms with Gasteiger partial charge in [-0.2, -0.15) is 13.2 Å². The minimum atomic E-state index is -4.26. The number of halogens is 3. The van der Waals surface area contributed by atoms with Crippen molar-refractivity contribution in [3.63, 3.8) is 0 Å². The Bertz CT molecular complexity index is 658. The maximum Gasteiger partial charge on any atom is 0.395 e.